The lowest BCUT2D eigenvalue weighted by Gasteiger charge is -2.35. The molecule has 1 saturated heterocycles. The molecule has 106 valence electrons. The molecule has 1 unspecified atom stereocenters. The van der Waals surface area contributed by atoms with E-state index in [2.05, 4.69) is 24.0 Å². The number of hydrogen-bond donors (Lipinski definition) is 1. The van der Waals surface area contributed by atoms with Crippen LogP contribution in [0.15, 0.2) is 18.2 Å². The maximum Gasteiger partial charge on any atom is 0.272 e. The molecule has 1 atom stereocenters. The van der Waals surface area contributed by atoms with Crippen molar-refractivity contribution in [2.24, 2.45) is 0 Å². The summed E-state index contributed by atoms with van der Waals surface area (Å²) in [7, 11) is 4.11. The molecule has 0 saturated carbocycles. The number of halogens is 1. The molecule has 1 amide bonds. The summed E-state index contributed by atoms with van der Waals surface area (Å²) in [5, 5.41) is 0. The monoisotopic (exact) mass is 284 g/mol. The molecule has 0 aromatic carbocycles. The zero-order valence-corrected chi connectivity index (χ0v) is 12.2. The molecule has 0 spiro atoms. The van der Waals surface area contributed by atoms with E-state index in [9.17, 15) is 4.79 Å². The van der Waals surface area contributed by atoms with E-state index in [0.717, 1.165) is 25.9 Å². The second kappa shape index (κ2) is 6.73. The molecule has 5 nitrogen and oxygen atoms in total. The minimum atomic E-state index is -0.0196. The molecule has 0 aliphatic carbocycles. The first kappa shape index (κ1) is 15.7. The standard InChI is InChI=1S/C13H20N4O.ClH/c1-16(2)10-5-4-8-17(9-10)13(18)11-6-3-7-12(14)15-11;/h3,6-7,10H,4-5,8-9H2,1-2H3,(H2,14,15);1H. The summed E-state index contributed by atoms with van der Waals surface area (Å²) in [5.41, 5.74) is 6.05. The van der Waals surface area contributed by atoms with Gasteiger partial charge in [-0.05, 0) is 39.1 Å². The number of rotatable bonds is 2. The van der Waals surface area contributed by atoms with Crippen molar-refractivity contribution < 1.29 is 4.79 Å². The van der Waals surface area contributed by atoms with Gasteiger partial charge in [0.25, 0.3) is 5.91 Å². The second-order valence-corrected chi connectivity index (χ2v) is 4.96. The molecule has 1 aromatic heterocycles. The minimum Gasteiger partial charge on any atom is -0.384 e. The van der Waals surface area contributed by atoms with Crippen molar-refractivity contribution >= 4 is 24.1 Å². The van der Waals surface area contributed by atoms with E-state index in [1.165, 1.54) is 0 Å². The van der Waals surface area contributed by atoms with Crippen LogP contribution in [0.1, 0.15) is 23.3 Å². The maximum atomic E-state index is 12.3. The first-order valence-corrected chi connectivity index (χ1v) is 6.26. The third kappa shape index (κ3) is 3.81. The Morgan fingerprint density at radius 1 is 1.47 bits per heavy atom. The topological polar surface area (TPSA) is 62.5 Å². The minimum absolute atomic E-state index is 0. The molecule has 1 aliphatic rings. The highest BCUT2D eigenvalue weighted by atomic mass is 35.5. The fourth-order valence-corrected chi connectivity index (χ4v) is 2.29. The molecule has 1 aromatic rings. The molecule has 2 N–H and O–H groups in total. The van der Waals surface area contributed by atoms with Crippen molar-refractivity contribution in [3.8, 4) is 0 Å². The van der Waals surface area contributed by atoms with Gasteiger partial charge in [0.2, 0.25) is 0 Å². The molecule has 2 heterocycles. The van der Waals surface area contributed by atoms with Crippen LogP contribution in [-0.4, -0.2) is 53.9 Å². The van der Waals surface area contributed by atoms with Crippen LogP contribution in [0.2, 0.25) is 0 Å². The molecule has 0 radical (unpaired) electrons. The van der Waals surface area contributed by atoms with Crippen LogP contribution < -0.4 is 5.73 Å². The fourth-order valence-electron chi connectivity index (χ4n) is 2.29. The highest BCUT2D eigenvalue weighted by Gasteiger charge is 2.26. The molecule has 6 heteroatoms. The Hall–Kier alpha value is -1.33. The summed E-state index contributed by atoms with van der Waals surface area (Å²) in [6.45, 7) is 1.57. The van der Waals surface area contributed by atoms with Gasteiger partial charge in [0.1, 0.15) is 11.5 Å². The van der Waals surface area contributed by atoms with Gasteiger partial charge in [0.15, 0.2) is 0 Å². The van der Waals surface area contributed by atoms with E-state index in [1.54, 1.807) is 18.2 Å². The highest BCUT2D eigenvalue weighted by Crippen LogP contribution is 2.16. The molecule has 19 heavy (non-hydrogen) atoms. The molecule has 1 fully saturated rings. The lowest BCUT2D eigenvalue weighted by atomic mass is 10.0. The van der Waals surface area contributed by atoms with Crippen LogP contribution in [0.25, 0.3) is 0 Å². The Bertz CT molecular complexity index is 438. The smallest absolute Gasteiger partial charge is 0.272 e. The Labute approximate surface area is 120 Å². The van der Waals surface area contributed by atoms with E-state index in [1.807, 2.05) is 4.90 Å². The average molecular weight is 285 g/mol. The number of amides is 1. The molecular weight excluding hydrogens is 264 g/mol. The Kier molecular flexibility index (Phi) is 5.57. The molecule has 2 rings (SSSR count). The zero-order valence-electron chi connectivity index (χ0n) is 11.4. The van der Waals surface area contributed by atoms with Crippen molar-refractivity contribution in [2.45, 2.75) is 18.9 Å². The molecule has 1 aliphatic heterocycles. The van der Waals surface area contributed by atoms with Gasteiger partial charge >= 0.3 is 0 Å². The zero-order chi connectivity index (χ0) is 13.1. The number of anilines is 1. The third-order valence-corrected chi connectivity index (χ3v) is 3.40. The highest BCUT2D eigenvalue weighted by molar-refractivity contribution is 5.92. The summed E-state index contributed by atoms with van der Waals surface area (Å²) in [6, 6.07) is 5.61. The van der Waals surface area contributed by atoms with Crippen LogP contribution in [-0.2, 0) is 0 Å². The van der Waals surface area contributed by atoms with Gasteiger partial charge in [0.05, 0.1) is 0 Å². The van der Waals surface area contributed by atoms with Crippen LogP contribution >= 0.6 is 12.4 Å². The van der Waals surface area contributed by atoms with E-state index in [-0.39, 0.29) is 18.3 Å². The van der Waals surface area contributed by atoms with E-state index in [4.69, 9.17) is 5.73 Å². The van der Waals surface area contributed by atoms with Gasteiger partial charge in [0, 0.05) is 19.1 Å². The quantitative estimate of drug-likeness (QED) is 0.888. The number of likely N-dealkylation sites (N-methyl/N-ethyl adjacent to an activating group) is 1. The number of carbonyl (C=O) groups excluding carboxylic acids is 1. The van der Waals surface area contributed by atoms with Crippen molar-refractivity contribution in [3.05, 3.63) is 23.9 Å². The number of aromatic nitrogens is 1. The summed E-state index contributed by atoms with van der Waals surface area (Å²) in [4.78, 5) is 20.4. The van der Waals surface area contributed by atoms with Crippen LogP contribution in [0.5, 0.6) is 0 Å². The summed E-state index contributed by atoms with van der Waals surface area (Å²) < 4.78 is 0. The Morgan fingerprint density at radius 2 is 2.21 bits per heavy atom. The van der Waals surface area contributed by atoms with Crippen molar-refractivity contribution in [1.29, 1.82) is 0 Å². The largest absolute Gasteiger partial charge is 0.384 e. The number of nitrogen functional groups attached to an aromatic ring is 1. The lowest BCUT2D eigenvalue weighted by molar-refractivity contribution is 0.0629. The van der Waals surface area contributed by atoms with Crippen LogP contribution in [0, 0.1) is 0 Å². The Morgan fingerprint density at radius 3 is 2.84 bits per heavy atom. The number of likely N-dealkylation sites (tertiary alicyclic amines) is 1. The van der Waals surface area contributed by atoms with Crippen molar-refractivity contribution in [2.75, 3.05) is 32.9 Å². The van der Waals surface area contributed by atoms with E-state index >= 15 is 0 Å². The van der Waals surface area contributed by atoms with Gasteiger partial charge in [-0.2, -0.15) is 0 Å². The predicted octanol–water partition coefficient (Wildman–Crippen LogP) is 1.25. The predicted molar refractivity (Wildman–Crippen MR) is 78.5 cm³/mol. The fraction of sp³-hybridized carbons (Fsp3) is 0.538. The third-order valence-electron chi connectivity index (χ3n) is 3.40. The maximum absolute atomic E-state index is 12.3. The summed E-state index contributed by atoms with van der Waals surface area (Å²) in [5.74, 6) is 0.371. The van der Waals surface area contributed by atoms with Gasteiger partial charge in [-0.3, -0.25) is 4.79 Å². The van der Waals surface area contributed by atoms with Crippen molar-refractivity contribution in [3.63, 3.8) is 0 Å². The van der Waals surface area contributed by atoms with E-state index < -0.39 is 0 Å². The first-order chi connectivity index (χ1) is 8.58. The normalized spacial score (nSPS) is 19.1. The molecule has 0 bridgehead atoms. The summed E-state index contributed by atoms with van der Waals surface area (Å²) in [6.07, 6.45) is 2.18. The second-order valence-electron chi connectivity index (χ2n) is 4.96. The number of nitrogens with zero attached hydrogens (tertiary/aromatic N) is 3. The van der Waals surface area contributed by atoms with Crippen LogP contribution in [0.3, 0.4) is 0 Å². The molecular formula is C13H21ClN4O. The van der Waals surface area contributed by atoms with Gasteiger partial charge in [-0.1, -0.05) is 6.07 Å². The number of pyridine rings is 1. The van der Waals surface area contributed by atoms with Crippen molar-refractivity contribution in [1.82, 2.24) is 14.8 Å². The number of piperidine rings is 1. The first-order valence-electron chi connectivity index (χ1n) is 6.26. The van der Waals surface area contributed by atoms with Crippen LogP contribution in [0.4, 0.5) is 5.82 Å². The number of nitrogens with two attached hydrogens (primary N) is 1. The number of carbonyl (C=O) groups is 1. The van der Waals surface area contributed by atoms with Gasteiger partial charge < -0.3 is 15.5 Å². The average Bonchev–Trinajstić information content (AvgIpc) is 2.38. The van der Waals surface area contributed by atoms with E-state index in [0.29, 0.717) is 17.6 Å². The Balaban J connectivity index is 0.00000180. The van der Waals surface area contributed by atoms with Gasteiger partial charge in [-0.15, -0.1) is 12.4 Å². The number of hydrogen-bond acceptors (Lipinski definition) is 4. The summed E-state index contributed by atoms with van der Waals surface area (Å²) >= 11 is 0. The SMILES string of the molecule is CN(C)C1CCCN(C(=O)c2cccc(N)n2)C1.Cl. The lowest BCUT2D eigenvalue weighted by Crippen LogP contribution is -2.47. The van der Waals surface area contributed by atoms with Gasteiger partial charge in [-0.25, -0.2) is 4.98 Å².